The van der Waals surface area contributed by atoms with Gasteiger partial charge in [0.1, 0.15) is 17.2 Å². The Bertz CT molecular complexity index is 930. The molecule has 0 aliphatic carbocycles. The summed E-state index contributed by atoms with van der Waals surface area (Å²) in [5.74, 6) is 0.564. The minimum Gasteiger partial charge on any atom is -0.497 e. The molecule has 1 aliphatic rings. The van der Waals surface area contributed by atoms with E-state index in [-0.39, 0.29) is 18.2 Å². The van der Waals surface area contributed by atoms with Crippen molar-refractivity contribution in [1.82, 2.24) is 9.47 Å². The number of hydrogen-bond donors (Lipinski definition) is 1. The van der Waals surface area contributed by atoms with Crippen molar-refractivity contribution in [2.24, 2.45) is 7.05 Å². The average molecular weight is 399 g/mol. The summed E-state index contributed by atoms with van der Waals surface area (Å²) in [5, 5.41) is 2.55. The van der Waals surface area contributed by atoms with Gasteiger partial charge in [-0.25, -0.2) is 0 Å². The van der Waals surface area contributed by atoms with Crippen LogP contribution >= 0.6 is 0 Å². The van der Waals surface area contributed by atoms with Crippen molar-refractivity contribution in [1.29, 1.82) is 0 Å². The number of nitrogens with one attached hydrogen (secondary N) is 1. The molecule has 1 saturated heterocycles. The number of aromatic nitrogens is 1. The van der Waals surface area contributed by atoms with E-state index in [1.807, 2.05) is 0 Å². The summed E-state index contributed by atoms with van der Waals surface area (Å²) in [6.45, 7) is 1.15. The molecular weight excluding hydrogens is 374 g/mol. The summed E-state index contributed by atoms with van der Waals surface area (Å²) in [5.41, 5.74) is 0.0389. The number of carbonyl (C=O) groups is 2. The van der Waals surface area contributed by atoms with Crippen LogP contribution in [0.3, 0.4) is 0 Å². The van der Waals surface area contributed by atoms with Gasteiger partial charge >= 0.3 is 0 Å². The van der Waals surface area contributed by atoms with Gasteiger partial charge in [0.05, 0.1) is 12.7 Å². The molecule has 0 unspecified atom stereocenters. The van der Waals surface area contributed by atoms with Gasteiger partial charge in [-0.1, -0.05) is 0 Å². The van der Waals surface area contributed by atoms with Crippen LogP contribution in [0.2, 0.25) is 0 Å². The van der Waals surface area contributed by atoms with Gasteiger partial charge < -0.3 is 24.3 Å². The SMILES string of the molecule is COc1ccc(OCC(=O)Nc2cc(C(=O)N3CCCCC3)cn(C)c2=O)cc1. The van der Waals surface area contributed by atoms with Crippen molar-refractivity contribution in [3.05, 3.63) is 52.4 Å². The van der Waals surface area contributed by atoms with Crippen molar-refractivity contribution in [3.63, 3.8) is 0 Å². The van der Waals surface area contributed by atoms with Crippen molar-refractivity contribution in [2.45, 2.75) is 19.3 Å². The van der Waals surface area contributed by atoms with Crippen LogP contribution in [0.15, 0.2) is 41.3 Å². The first-order valence-corrected chi connectivity index (χ1v) is 9.54. The molecule has 0 saturated carbocycles. The van der Waals surface area contributed by atoms with Crippen molar-refractivity contribution in [3.8, 4) is 11.5 Å². The Morgan fingerprint density at radius 2 is 1.72 bits per heavy atom. The van der Waals surface area contributed by atoms with Crippen LogP contribution < -0.4 is 20.3 Å². The smallest absolute Gasteiger partial charge is 0.274 e. The number of hydrogen-bond acceptors (Lipinski definition) is 5. The molecule has 0 radical (unpaired) electrons. The predicted octanol–water partition coefficient (Wildman–Crippen LogP) is 2.04. The third kappa shape index (κ3) is 5.16. The standard InChI is InChI=1S/C21H25N3O5/c1-23-13-15(20(26)24-10-4-3-5-11-24)12-18(21(23)27)22-19(25)14-29-17-8-6-16(28-2)7-9-17/h6-9,12-13H,3-5,10-11,14H2,1-2H3,(H,22,25). The summed E-state index contributed by atoms with van der Waals surface area (Å²) < 4.78 is 11.8. The Morgan fingerprint density at radius 3 is 2.38 bits per heavy atom. The van der Waals surface area contributed by atoms with Gasteiger partial charge in [-0.2, -0.15) is 0 Å². The van der Waals surface area contributed by atoms with E-state index in [0.29, 0.717) is 30.2 Å². The fourth-order valence-corrected chi connectivity index (χ4v) is 3.20. The second kappa shape index (κ2) is 9.27. The number of piperidine rings is 1. The normalized spacial score (nSPS) is 13.7. The first kappa shape index (κ1) is 20.4. The van der Waals surface area contributed by atoms with Crippen LogP contribution in [0.5, 0.6) is 11.5 Å². The van der Waals surface area contributed by atoms with Gasteiger partial charge in [0.15, 0.2) is 6.61 Å². The molecule has 1 aromatic heterocycles. The molecule has 8 nitrogen and oxygen atoms in total. The van der Waals surface area contributed by atoms with Crippen LogP contribution in [0.4, 0.5) is 5.69 Å². The lowest BCUT2D eigenvalue weighted by Crippen LogP contribution is -2.36. The molecule has 3 rings (SSSR count). The van der Waals surface area contributed by atoms with Crippen LogP contribution in [-0.2, 0) is 11.8 Å². The van der Waals surface area contributed by atoms with Gasteiger partial charge in [-0.15, -0.1) is 0 Å². The molecule has 0 spiro atoms. The molecule has 154 valence electrons. The number of nitrogens with zero attached hydrogens (tertiary/aromatic N) is 2. The maximum Gasteiger partial charge on any atom is 0.274 e. The Morgan fingerprint density at radius 1 is 1.07 bits per heavy atom. The summed E-state index contributed by atoms with van der Waals surface area (Å²) in [6.07, 6.45) is 4.57. The molecule has 1 aromatic carbocycles. The van der Waals surface area contributed by atoms with Crippen molar-refractivity contribution in [2.75, 3.05) is 32.1 Å². The monoisotopic (exact) mass is 399 g/mol. The highest BCUT2D eigenvalue weighted by molar-refractivity contribution is 5.97. The molecule has 29 heavy (non-hydrogen) atoms. The fraction of sp³-hybridized carbons (Fsp3) is 0.381. The lowest BCUT2D eigenvalue weighted by molar-refractivity contribution is -0.118. The number of likely N-dealkylation sites (tertiary alicyclic amines) is 1. The Kier molecular flexibility index (Phi) is 6.54. The number of carbonyl (C=O) groups excluding carboxylic acids is 2. The van der Waals surface area contributed by atoms with Crippen molar-refractivity contribution < 1.29 is 19.1 Å². The molecule has 2 aromatic rings. The van der Waals surface area contributed by atoms with Gasteiger partial charge in [0.25, 0.3) is 17.4 Å². The number of anilines is 1. The van der Waals surface area contributed by atoms with Gasteiger partial charge in [-0.05, 0) is 49.6 Å². The summed E-state index contributed by atoms with van der Waals surface area (Å²) in [7, 11) is 3.12. The molecule has 0 bridgehead atoms. The lowest BCUT2D eigenvalue weighted by Gasteiger charge is -2.27. The largest absolute Gasteiger partial charge is 0.497 e. The molecule has 2 heterocycles. The summed E-state index contributed by atoms with van der Waals surface area (Å²) in [6, 6.07) is 8.24. The number of methoxy groups -OCH3 is 1. The van der Waals surface area contributed by atoms with Gasteiger partial charge in [0.2, 0.25) is 0 Å². The Hall–Kier alpha value is -3.29. The van der Waals surface area contributed by atoms with Crippen LogP contribution in [0.1, 0.15) is 29.6 Å². The predicted molar refractivity (Wildman–Crippen MR) is 109 cm³/mol. The third-order valence-electron chi connectivity index (χ3n) is 4.78. The minimum atomic E-state index is -0.486. The zero-order chi connectivity index (χ0) is 20.8. The van der Waals surface area contributed by atoms with Gasteiger partial charge in [-0.3, -0.25) is 14.4 Å². The van der Waals surface area contributed by atoms with E-state index in [9.17, 15) is 14.4 Å². The second-order valence-corrected chi connectivity index (χ2v) is 6.92. The van der Waals surface area contributed by atoms with Crippen molar-refractivity contribution >= 4 is 17.5 Å². The molecule has 1 aliphatic heterocycles. The van der Waals surface area contributed by atoms with Crippen LogP contribution in [-0.4, -0.2) is 48.1 Å². The summed E-state index contributed by atoms with van der Waals surface area (Å²) in [4.78, 5) is 39.1. The van der Waals surface area contributed by atoms with Gasteiger partial charge in [0, 0.05) is 26.3 Å². The van der Waals surface area contributed by atoms with Crippen LogP contribution in [0.25, 0.3) is 0 Å². The average Bonchev–Trinajstić information content (AvgIpc) is 2.75. The summed E-state index contributed by atoms with van der Waals surface area (Å²) >= 11 is 0. The number of amides is 2. The highest BCUT2D eigenvalue weighted by Gasteiger charge is 2.20. The first-order valence-electron chi connectivity index (χ1n) is 9.54. The number of ether oxygens (including phenoxy) is 2. The quantitative estimate of drug-likeness (QED) is 0.803. The topological polar surface area (TPSA) is 89.9 Å². The van der Waals surface area contributed by atoms with E-state index < -0.39 is 11.5 Å². The Balaban J connectivity index is 1.67. The highest BCUT2D eigenvalue weighted by Crippen LogP contribution is 2.17. The minimum absolute atomic E-state index is 0.0543. The molecule has 1 N–H and O–H groups in total. The zero-order valence-electron chi connectivity index (χ0n) is 16.6. The van der Waals surface area contributed by atoms with E-state index in [0.717, 1.165) is 19.3 Å². The number of aryl methyl sites for hydroxylation is 1. The fourth-order valence-electron chi connectivity index (χ4n) is 3.20. The number of rotatable bonds is 6. The number of benzene rings is 1. The third-order valence-corrected chi connectivity index (χ3v) is 4.78. The molecule has 0 atom stereocenters. The van der Waals surface area contributed by atoms with E-state index in [2.05, 4.69) is 5.32 Å². The van der Waals surface area contributed by atoms with Crippen LogP contribution in [0, 0.1) is 0 Å². The van der Waals surface area contributed by atoms with E-state index in [1.165, 1.54) is 16.8 Å². The number of pyridine rings is 1. The molecule has 2 amide bonds. The molecular formula is C21H25N3O5. The maximum absolute atomic E-state index is 12.7. The highest BCUT2D eigenvalue weighted by atomic mass is 16.5. The molecule has 1 fully saturated rings. The lowest BCUT2D eigenvalue weighted by atomic mass is 10.1. The van der Waals surface area contributed by atoms with E-state index in [4.69, 9.17) is 9.47 Å². The zero-order valence-corrected chi connectivity index (χ0v) is 16.6. The second-order valence-electron chi connectivity index (χ2n) is 6.92. The molecule has 8 heteroatoms. The maximum atomic E-state index is 12.7. The first-order chi connectivity index (χ1) is 14.0. The van der Waals surface area contributed by atoms with E-state index >= 15 is 0 Å². The van der Waals surface area contributed by atoms with E-state index in [1.54, 1.807) is 43.3 Å². The Labute approximate surface area is 169 Å².